The van der Waals surface area contributed by atoms with Crippen LogP contribution in [-0.4, -0.2) is 17.0 Å². The van der Waals surface area contributed by atoms with Crippen LogP contribution in [0.4, 0.5) is 0 Å². The average molecular weight is 327 g/mol. The normalized spacial score (nSPS) is 52.3. The zero-order chi connectivity index (χ0) is 17.1. The Bertz CT molecular complexity index is 632. The zero-order valence-corrected chi connectivity index (χ0v) is 14.9. The number of ketones is 1. The molecular formula is C21H29NO2. The Morgan fingerprint density at radius 3 is 2.79 bits per heavy atom. The van der Waals surface area contributed by atoms with E-state index in [-0.39, 0.29) is 22.9 Å². The molecule has 1 N–H and O–H groups in total. The maximum atomic E-state index is 13.3. The molecule has 0 radical (unpaired) electrons. The van der Waals surface area contributed by atoms with Gasteiger partial charge in [-0.25, -0.2) is 4.85 Å². The molecule has 4 aliphatic carbocycles. The maximum absolute atomic E-state index is 13.3. The first-order chi connectivity index (χ1) is 11.4. The number of nitrogens with zero attached hydrogens (tertiary/aromatic N) is 1. The molecule has 0 unspecified atom stereocenters. The lowest BCUT2D eigenvalue weighted by Crippen LogP contribution is -2.57. The largest absolute Gasteiger partial charge is 0.393 e. The van der Waals surface area contributed by atoms with Gasteiger partial charge in [0.25, 0.3) is 0 Å². The fourth-order valence-electron chi connectivity index (χ4n) is 7.19. The Hall–Kier alpha value is -1.14. The molecule has 24 heavy (non-hydrogen) atoms. The van der Waals surface area contributed by atoms with Crippen molar-refractivity contribution in [3.63, 3.8) is 0 Å². The molecule has 0 saturated heterocycles. The van der Waals surface area contributed by atoms with Gasteiger partial charge in [-0.15, -0.1) is 0 Å². The van der Waals surface area contributed by atoms with Gasteiger partial charge < -0.3 is 5.11 Å². The lowest BCUT2D eigenvalue weighted by atomic mass is 9.44. The summed E-state index contributed by atoms with van der Waals surface area (Å²) in [6, 6.07) is 0. The lowest BCUT2D eigenvalue weighted by molar-refractivity contribution is -0.157. The molecule has 0 heterocycles. The van der Waals surface area contributed by atoms with Gasteiger partial charge in [-0.3, -0.25) is 4.79 Å². The molecule has 3 heteroatoms. The molecule has 0 amide bonds. The van der Waals surface area contributed by atoms with Gasteiger partial charge in [0.2, 0.25) is 0 Å². The highest BCUT2D eigenvalue weighted by Crippen LogP contribution is 2.66. The van der Waals surface area contributed by atoms with Crippen molar-refractivity contribution in [1.82, 2.24) is 0 Å². The monoisotopic (exact) mass is 327 g/mol. The second-order valence-electron chi connectivity index (χ2n) is 9.34. The highest BCUT2D eigenvalue weighted by molar-refractivity contribution is 5.85. The predicted octanol–water partition coefficient (Wildman–Crippen LogP) is 4.37. The molecule has 130 valence electrons. The van der Waals surface area contributed by atoms with Crippen LogP contribution in [0.3, 0.4) is 0 Å². The predicted molar refractivity (Wildman–Crippen MR) is 92.8 cm³/mol. The molecule has 7 atom stereocenters. The number of hydrogen-bond donors (Lipinski definition) is 1. The van der Waals surface area contributed by atoms with Crippen LogP contribution in [0.5, 0.6) is 0 Å². The molecule has 4 saturated carbocycles. The van der Waals surface area contributed by atoms with Gasteiger partial charge in [0.1, 0.15) is 5.78 Å². The standard InChI is InChI=1S/C21H29NO2/c1-20-9-8-15(23)10-13(20)4-6-16-17-7-5-14(12-22-3)21(17,2)11-18(24)19(16)20/h12-13,15-17,19,23H,4-11H2,1-2H3/b14-12-/t13-,15-,16+,17+,19-,20+,21-/m1/s1. The highest BCUT2D eigenvalue weighted by atomic mass is 16.3. The third kappa shape index (κ3) is 2.08. The van der Waals surface area contributed by atoms with Gasteiger partial charge in [0, 0.05) is 12.3 Å². The van der Waals surface area contributed by atoms with E-state index in [1.54, 1.807) is 6.20 Å². The van der Waals surface area contributed by atoms with Crippen molar-refractivity contribution < 1.29 is 9.90 Å². The number of carbonyl (C=O) groups excluding carboxylic acids is 1. The Balaban J connectivity index is 1.70. The van der Waals surface area contributed by atoms with Crippen LogP contribution in [-0.2, 0) is 4.79 Å². The topological polar surface area (TPSA) is 41.7 Å². The molecule has 0 aromatic rings. The quantitative estimate of drug-likeness (QED) is 0.671. The van der Waals surface area contributed by atoms with Crippen LogP contribution in [0.2, 0.25) is 0 Å². The first kappa shape index (κ1) is 16.3. The van der Waals surface area contributed by atoms with Crippen LogP contribution in [0.15, 0.2) is 11.8 Å². The molecule has 4 fully saturated rings. The fraction of sp³-hybridized carbons (Fsp3) is 0.810. The van der Waals surface area contributed by atoms with E-state index >= 15 is 0 Å². The van der Waals surface area contributed by atoms with Crippen LogP contribution in [0.25, 0.3) is 4.85 Å². The number of hydrogen-bond acceptors (Lipinski definition) is 2. The van der Waals surface area contributed by atoms with Gasteiger partial charge in [0.05, 0.1) is 12.7 Å². The molecule has 0 bridgehead atoms. The van der Waals surface area contributed by atoms with E-state index < -0.39 is 0 Å². The number of fused-ring (bicyclic) bond motifs is 5. The smallest absolute Gasteiger partial charge is 0.154 e. The molecule has 4 rings (SSSR count). The number of carbonyl (C=O) groups is 1. The Kier molecular flexibility index (Phi) is 3.69. The van der Waals surface area contributed by atoms with E-state index in [9.17, 15) is 9.90 Å². The summed E-state index contributed by atoms with van der Waals surface area (Å²) in [6.07, 6.45) is 9.36. The van der Waals surface area contributed by atoms with Crippen molar-refractivity contribution >= 4 is 5.78 Å². The van der Waals surface area contributed by atoms with Crippen LogP contribution in [0.1, 0.15) is 65.2 Å². The highest BCUT2D eigenvalue weighted by Gasteiger charge is 2.61. The van der Waals surface area contributed by atoms with E-state index in [1.165, 1.54) is 5.57 Å². The van der Waals surface area contributed by atoms with Crippen molar-refractivity contribution in [2.45, 2.75) is 71.3 Å². The van der Waals surface area contributed by atoms with Crippen molar-refractivity contribution in [1.29, 1.82) is 0 Å². The maximum Gasteiger partial charge on any atom is 0.154 e. The van der Waals surface area contributed by atoms with Crippen molar-refractivity contribution in [3.8, 4) is 0 Å². The van der Waals surface area contributed by atoms with Crippen molar-refractivity contribution in [3.05, 3.63) is 23.2 Å². The summed E-state index contributed by atoms with van der Waals surface area (Å²) >= 11 is 0. The SMILES string of the molecule is [C-]#[N+]/C=C1/CC[C@H]2[C@@H]3CC[C@@H]4C[C@H](O)CC[C@]4(C)[C@H]3C(=O)C[C@]12C. The molecule has 0 aliphatic heterocycles. The minimum atomic E-state index is -0.164. The minimum Gasteiger partial charge on any atom is -0.393 e. The van der Waals surface area contributed by atoms with Crippen molar-refractivity contribution in [2.24, 2.45) is 34.5 Å². The molecule has 0 aromatic carbocycles. The summed E-state index contributed by atoms with van der Waals surface area (Å²) < 4.78 is 0. The first-order valence-electron chi connectivity index (χ1n) is 9.67. The Labute approximate surface area is 145 Å². The van der Waals surface area contributed by atoms with Crippen LogP contribution >= 0.6 is 0 Å². The zero-order valence-electron chi connectivity index (χ0n) is 14.9. The average Bonchev–Trinajstić information content (AvgIpc) is 2.84. The van der Waals surface area contributed by atoms with Crippen LogP contribution < -0.4 is 0 Å². The van der Waals surface area contributed by atoms with Gasteiger partial charge >= 0.3 is 0 Å². The molecular weight excluding hydrogens is 298 g/mol. The molecule has 0 spiro atoms. The second kappa shape index (κ2) is 5.43. The Morgan fingerprint density at radius 2 is 2.04 bits per heavy atom. The summed E-state index contributed by atoms with van der Waals surface area (Å²) in [5.74, 6) is 2.20. The van der Waals surface area contributed by atoms with E-state index in [0.29, 0.717) is 30.0 Å². The van der Waals surface area contributed by atoms with Gasteiger partial charge in [0.15, 0.2) is 6.20 Å². The second-order valence-corrected chi connectivity index (χ2v) is 9.34. The van der Waals surface area contributed by atoms with Crippen LogP contribution in [0, 0.1) is 41.1 Å². The number of rotatable bonds is 0. The third-order valence-corrected chi connectivity index (χ3v) is 8.39. The molecule has 0 aromatic heterocycles. The van der Waals surface area contributed by atoms with E-state index in [2.05, 4.69) is 18.7 Å². The fourth-order valence-corrected chi connectivity index (χ4v) is 7.19. The van der Waals surface area contributed by atoms with Crippen molar-refractivity contribution in [2.75, 3.05) is 0 Å². The van der Waals surface area contributed by atoms with Gasteiger partial charge in [-0.2, -0.15) is 0 Å². The summed E-state index contributed by atoms with van der Waals surface area (Å²) in [7, 11) is 0. The van der Waals surface area contributed by atoms with E-state index in [1.807, 2.05) is 0 Å². The number of allylic oxidation sites excluding steroid dienone is 1. The minimum absolute atomic E-state index is 0.0693. The summed E-state index contributed by atoms with van der Waals surface area (Å²) in [5, 5.41) is 10.1. The third-order valence-electron chi connectivity index (χ3n) is 8.39. The molecule has 3 nitrogen and oxygen atoms in total. The summed E-state index contributed by atoms with van der Waals surface area (Å²) in [4.78, 5) is 16.8. The van der Waals surface area contributed by atoms with Gasteiger partial charge in [-0.05, 0) is 73.5 Å². The van der Waals surface area contributed by atoms with E-state index in [4.69, 9.17) is 6.57 Å². The summed E-state index contributed by atoms with van der Waals surface area (Å²) in [6.45, 7) is 11.8. The molecule has 4 aliphatic rings. The van der Waals surface area contributed by atoms with Gasteiger partial charge in [-0.1, -0.05) is 19.4 Å². The number of aliphatic hydroxyl groups is 1. The first-order valence-corrected chi connectivity index (χ1v) is 9.67. The summed E-state index contributed by atoms with van der Waals surface area (Å²) in [5.41, 5.74) is 1.24. The Morgan fingerprint density at radius 1 is 1.25 bits per heavy atom. The lowest BCUT2D eigenvalue weighted by Gasteiger charge is -2.59. The van der Waals surface area contributed by atoms with E-state index in [0.717, 1.165) is 44.9 Å². The number of aliphatic hydroxyl groups excluding tert-OH is 1. The number of Topliss-reactive ketones (excluding diaryl/α,β-unsaturated/α-hetero) is 1.